The number of hydrogen-bond donors (Lipinski definition) is 2. The number of benzene rings is 2. The number of nitrogens with zero attached hydrogens (tertiary/aromatic N) is 2. The van der Waals surface area contributed by atoms with Gasteiger partial charge in [-0.15, -0.1) is 24.0 Å². The van der Waals surface area contributed by atoms with Crippen molar-refractivity contribution in [3.05, 3.63) is 65.7 Å². The summed E-state index contributed by atoms with van der Waals surface area (Å²) in [6.45, 7) is 1.62. The molecule has 24 heavy (non-hydrogen) atoms. The zero-order valence-electron chi connectivity index (χ0n) is 14.6. The molecule has 2 rings (SSSR count). The van der Waals surface area contributed by atoms with Gasteiger partial charge in [0.15, 0.2) is 5.96 Å². The molecule has 0 unspecified atom stereocenters. The van der Waals surface area contributed by atoms with E-state index in [1.165, 1.54) is 16.8 Å². The zero-order valence-corrected chi connectivity index (χ0v) is 17.0. The second-order valence-corrected chi connectivity index (χ2v) is 5.65. The first-order valence-corrected chi connectivity index (χ1v) is 7.94. The van der Waals surface area contributed by atoms with Gasteiger partial charge in [-0.2, -0.15) is 0 Å². The minimum atomic E-state index is 0. The van der Waals surface area contributed by atoms with Crippen molar-refractivity contribution in [1.82, 2.24) is 10.6 Å². The van der Waals surface area contributed by atoms with E-state index in [1.807, 2.05) is 6.07 Å². The molecule has 2 aromatic carbocycles. The van der Waals surface area contributed by atoms with Crippen LogP contribution < -0.4 is 15.5 Å². The largest absolute Gasteiger partial charge is 0.378 e. The Labute approximate surface area is 162 Å². The standard InChI is InChI=1S/C19H26N4.HI/c1-20-19(21-13-12-16-8-5-4-6-9-16)22-15-17-10-7-11-18(14-17)23(2)3;/h4-11,14H,12-13,15H2,1-3H3,(H2,20,21,22);1H. The summed E-state index contributed by atoms with van der Waals surface area (Å²) in [7, 11) is 5.90. The topological polar surface area (TPSA) is 39.7 Å². The number of hydrogen-bond acceptors (Lipinski definition) is 2. The highest BCUT2D eigenvalue weighted by Crippen LogP contribution is 2.12. The van der Waals surface area contributed by atoms with Crippen molar-refractivity contribution in [2.45, 2.75) is 13.0 Å². The molecule has 2 aromatic rings. The second-order valence-electron chi connectivity index (χ2n) is 5.65. The van der Waals surface area contributed by atoms with Crippen molar-refractivity contribution >= 4 is 35.6 Å². The molecule has 4 nitrogen and oxygen atoms in total. The molecule has 0 bridgehead atoms. The van der Waals surface area contributed by atoms with E-state index in [4.69, 9.17) is 0 Å². The third kappa shape index (κ3) is 6.78. The van der Waals surface area contributed by atoms with Gasteiger partial charge in [0.05, 0.1) is 0 Å². The first-order valence-electron chi connectivity index (χ1n) is 7.94. The maximum absolute atomic E-state index is 4.28. The van der Waals surface area contributed by atoms with E-state index < -0.39 is 0 Å². The Balaban J connectivity index is 0.00000288. The Bertz CT molecular complexity index is 626. The molecule has 0 saturated heterocycles. The third-order valence-corrected chi connectivity index (χ3v) is 3.66. The van der Waals surface area contributed by atoms with Gasteiger partial charge in [-0.25, -0.2) is 0 Å². The zero-order chi connectivity index (χ0) is 16.5. The molecule has 0 atom stereocenters. The highest BCUT2D eigenvalue weighted by Gasteiger charge is 2.01. The molecule has 0 spiro atoms. The first kappa shape index (κ1) is 20.3. The molecule has 0 heterocycles. The maximum Gasteiger partial charge on any atom is 0.191 e. The minimum Gasteiger partial charge on any atom is -0.378 e. The number of rotatable bonds is 6. The summed E-state index contributed by atoms with van der Waals surface area (Å²) < 4.78 is 0. The molecule has 0 radical (unpaired) electrons. The Morgan fingerprint density at radius 2 is 1.67 bits per heavy atom. The lowest BCUT2D eigenvalue weighted by Crippen LogP contribution is -2.37. The monoisotopic (exact) mass is 438 g/mol. The summed E-state index contributed by atoms with van der Waals surface area (Å²) in [6, 6.07) is 19.0. The molecule has 130 valence electrons. The van der Waals surface area contributed by atoms with Crippen molar-refractivity contribution in [3.8, 4) is 0 Å². The summed E-state index contributed by atoms with van der Waals surface area (Å²) in [5, 5.41) is 6.71. The van der Waals surface area contributed by atoms with Crippen molar-refractivity contribution in [2.24, 2.45) is 4.99 Å². The fraction of sp³-hybridized carbons (Fsp3) is 0.316. The van der Waals surface area contributed by atoms with Gasteiger partial charge in [0.25, 0.3) is 0 Å². The van der Waals surface area contributed by atoms with Gasteiger partial charge >= 0.3 is 0 Å². The van der Waals surface area contributed by atoms with E-state index >= 15 is 0 Å². The normalized spacial score (nSPS) is 10.7. The quantitative estimate of drug-likeness (QED) is 0.413. The smallest absolute Gasteiger partial charge is 0.191 e. The van der Waals surface area contributed by atoms with E-state index in [1.54, 1.807) is 7.05 Å². The molecular formula is C19H27IN4. The highest BCUT2D eigenvalue weighted by molar-refractivity contribution is 14.0. The average molecular weight is 438 g/mol. The summed E-state index contributed by atoms with van der Waals surface area (Å²) >= 11 is 0. The van der Waals surface area contributed by atoms with Crippen LogP contribution in [0.2, 0.25) is 0 Å². The van der Waals surface area contributed by atoms with Gasteiger partial charge in [-0.1, -0.05) is 42.5 Å². The van der Waals surface area contributed by atoms with Crippen molar-refractivity contribution < 1.29 is 0 Å². The van der Waals surface area contributed by atoms with Crippen LogP contribution in [0.25, 0.3) is 0 Å². The predicted octanol–water partition coefficient (Wildman–Crippen LogP) is 3.28. The molecule has 0 fully saturated rings. The van der Waals surface area contributed by atoms with Crippen LogP contribution >= 0.6 is 24.0 Å². The number of anilines is 1. The van der Waals surface area contributed by atoms with Crippen LogP contribution in [0.4, 0.5) is 5.69 Å². The lowest BCUT2D eigenvalue weighted by Gasteiger charge is -2.15. The lowest BCUT2D eigenvalue weighted by atomic mass is 10.1. The first-order chi connectivity index (χ1) is 11.2. The summed E-state index contributed by atoms with van der Waals surface area (Å²) in [5.41, 5.74) is 3.77. The number of guanidine groups is 1. The van der Waals surface area contributed by atoms with E-state index in [0.717, 1.165) is 25.5 Å². The SMILES string of the molecule is CN=C(NCCc1ccccc1)NCc1cccc(N(C)C)c1.I. The number of halogens is 1. The van der Waals surface area contributed by atoms with Crippen LogP contribution in [0.3, 0.4) is 0 Å². The number of aliphatic imine (C=N–C) groups is 1. The van der Waals surface area contributed by atoms with Gasteiger partial charge in [-0.05, 0) is 29.7 Å². The summed E-state index contributed by atoms with van der Waals surface area (Å²) in [6.07, 6.45) is 0.984. The molecule has 2 N–H and O–H groups in total. The molecule has 0 aliphatic rings. The highest BCUT2D eigenvalue weighted by atomic mass is 127. The van der Waals surface area contributed by atoms with Gasteiger partial charge in [0, 0.05) is 39.9 Å². The van der Waals surface area contributed by atoms with Crippen LogP contribution in [0.5, 0.6) is 0 Å². The fourth-order valence-electron chi connectivity index (χ4n) is 2.32. The molecule has 0 amide bonds. The van der Waals surface area contributed by atoms with E-state index in [9.17, 15) is 0 Å². The van der Waals surface area contributed by atoms with E-state index in [0.29, 0.717) is 0 Å². The average Bonchev–Trinajstić information content (AvgIpc) is 2.59. The van der Waals surface area contributed by atoms with Crippen molar-refractivity contribution in [3.63, 3.8) is 0 Å². The van der Waals surface area contributed by atoms with Gasteiger partial charge in [0.2, 0.25) is 0 Å². The molecule has 0 aromatic heterocycles. The van der Waals surface area contributed by atoms with Crippen LogP contribution in [0.1, 0.15) is 11.1 Å². The fourth-order valence-corrected chi connectivity index (χ4v) is 2.32. The molecular weight excluding hydrogens is 411 g/mol. The summed E-state index contributed by atoms with van der Waals surface area (Å²) in [4.78, 5) is 6.38. The predicted molar refractivity (Wildman–Crippen MR) is 115 cm³/mol. The molecule has 0 aliphatic carbocycles. The van der Waals surface area contributed by atoms with E-state index in [2.05, 4.69) is 83.2 Å². The van der Waals surface area contributed by atoms with Gasteiger partial charge in [-0.3, -0.25) is 4.99 Å². The van der Waals surface area contributed by atoms with Crippen molar-refractivity contribution in [2.75, 3.05) is 32.6 Å². The maximum atomic E-state index is 4.28. The summed E-state index contributed by atoms with van der Waals surface area (Å²) in [5.74, 6) is 0.830. The van der Waals surface area contributed by atoms with Crippen LogP contribution in [0.15, 0.2) is 59.6 Å². The molecule has 0 saturated carbocycles. The van der Waals surface area contributed by atoms with E-state index in [-0.39, 0.29) is 24.0 Å². The Kier molecular flexibility index (Phi) is 9.22. The minimum absolute atomic E-state index is 0. The Hall–Kier alpha value is -1.76. The van der Waals surface area contributed by atoms with Gasteiger partial charge < -0.3 is 15.5 Å². The molecule has 0 aliphatic heterocycles. The van der Waals surface area contributed by atoms with Crippen LogP contribution in [-0.4, -0.2) is 33.6 Å². The van der Waals surface area contributed by atoms with Gasteiger partial charge in [0.1, 0.15) is 0 Å². The Morgan fingerprint density at radius 1 is 0.958 bits per heavy atom. The lowest BCUT2D eigenvalue weighted by molar-refractivity contribution is 0.794. The number of nitrogens with one attached hydrogen (secondary N) is 2. The van der Waals surface area contributed by atoms with Crippen molar-refractivity contribution in [1.29, 1.82) is 0 Å². The van der Waals surface area contributed by atoms with Crippen LogP contribution in [0, 0.1) is 0 Å². The molecule has 5 heteroatoms. The second kappa shape index (κ2) is 10.9. The third-order valence-electron chi connectivity index (χ3n) is 3.66. The van der Waals surface area contributed by atoms with Crippen LogP contribution in [-0.2, 0) is 13.0 Å². The Morgan fingerprint density at radius 3 is 2.33 bits per heavy atom.